The molecule has 21 heavy (non-hydrogen) atoms. The van der Waals surface area contributed by atoms with Crippen LogP contribution in [0, 0.1) is 12.7 Å². The minimum Gasteiger partial charge on any atom is -0.443 e. The largest absolute Gasteiger partial charge is 0.443 e. The Hall–Kier alpha value is -1.44. The van der Waals surface area contributed by atoms with Gasteiger partial charge in [0.25, 0.3) is 10.0 Å². The number of furan rings is 1. The third-order valence-electron chi connectivity index (χ3n) is 3.87. The lowest BCUT2D eigenvalue weighted by molar-refractivity contribution is 0.115. The highest BCUT2D eigenvalue weighted by molar-refractivity contribution is 7.89. The molecule has 7 heteroatoms. The van der Waals surface area contributed by atoms with E-state index in [9.17, 15) is 12.8 Å². The summed E-state index contributed by atoms with van der Waals surface area (Å²) in [4.78, 5) is 0. The summed E-state index contributed by atoms with van der Waals surface area (Å²) in [5, 5.41) is 0.371. The first-order chi connectivity index (χ1) is 9.93. The van der Waals surface area contributed by atoms with Crippen LogP contribution in [0.5, 0.6) is 0 Å². The Morgan fingerprint density at radius 3 is 2.86 bits per heavy atom. The second-order valence-corrected chi connectivity index (χ2v) is 7.00. The van der Waals surface area contributed by atoms with E-state index in [1.54, 1.807) is 14.0 Å². The fourth-order valence-corrected chi connectivity index (χ4v) is 4.28. The highest BCUT2D eigenvalue weighted by Crippen LogP contribution is 2.32. The summed E-state index contributed by atoms with van der Waals surface area (Å²) >= 11 is 0. The number of aryl methyl sites for hydroxylation is 1. The molecule has 1 atom stereocenters. The van der Waals surface area contributed by atoms with Crippen molar-refractivity contribution < 1.29 is 22.0 Å². The van der Waals surface area contributed by atoms with Gasteiger partial charge in [-0.15, -0.1) is 0 Å². The lowest BCUT2D eigenvalue weighted by atomic mass is 10.2. The van der Waals surface area contributed by atoms with Gasteiger partial charge in [0.2, 0.25) is 5.09 Å². The van der Waals surface area contributed by atoms with E-state index in [2.05, 4.69) is 0 Å². The van der Waals surface area contributed by atoms with Crippen LogP contribution in [0.1, 0.15) is 12.0 Å². The quantitative estimate of drug-likeness (QED) is 0.872. The van der Waals surface area contributed by atoms with Crippen molar-refractivity contribution in [3.63, 3.8) is 0 Å². The van der Waals surface area contributed by atoms with Crippen molar-refractivity contribution in [2.24, 2.45) is 0 Å². The number of ether oxygens (including phenoxy) is 1. The normalized spacial score (nSPS) is 20.4. The predicted octanol–water partition coefficient (Wildman–Crippen LogP) is 2.29. The van der Waals surface area contributed by atoms with Gasteiger partial charge in [-0.25, -0.2) is 12.8 Å². The highest BCUT2D eigenvalue weighted by Gasteiger charge is 2.36. The molecule has 2 aromatic rings. The van der Waals surface area contributed by atoms with Crippen molar-refractivity contribution in [2.75, 3.05) is 20.2 Å². The number of benzene rings is 1. The van der Waals surface area contributed by atoms with Crippen LogP contribution in [-0.4, -0.2) is 39.0 Å². The molecule has 1 aliphatic heterocycles. The topological polar surface area (TPSA) is 59.8 Å². The van der Waals surface area contributed by atoms with Crippen molar-refractivity contribution in [1.82, 2.24) is 4.31 Å². The summed E-state index contributed by atoms with van der Waals surface area (Å²) in [6, 6.07) is 3.98. The van der Waals surface area contributed by atoms with Crippen LogP contribution < -0.4 is 0 Å². The van der Waals surface area contributed by atoms with Crippen LogP contribution in [-0.2, 0) is 14.8 Å². The number of methoxy groups -OCH3 is 1. The summed E-state index contributed by atoms with van der Waals surface area (Å²) < 4.78 is 50.6. The minimum atomic E-state index is -3.72. The van der Waals surface area contributed by atoms with E-state index >= 15 is 0 Å². The van der Waals surface area contributed by atoms with Gasteiger partial charge in [0.1, 0.15) is 11.4 Å². The molecule has 0 bridgehead atoms. The highest BCUT2D eigenvalue weighted by atomic mass is 32.2. The maximum absolute atomic E-state index is 13.3. The lowest BCUT2D eigenvalue weighted by Gasteiger charge is -2.14. The second kappa shape index (κ2) is 5.08. The maximum Gasteiger partial charge on any atom is 0.276 e. The molecule has 3 rings (SSSR count). The van der Waals surface area contributed by atoms with Gasteiger partial charge in [0.15, 0.2) is 0 Å². The van der Waals surface area contributed by atoms with Crippen LogP contribution in [0.25, 0.3) is 11.0 Å². The van der Waals surface area contributed by atoms with Crippen LogP contribution in [0.4, 0.5) is 4.39 Å². The molecule has 0 N–H and O–H groups in total. The SMILES string of the molecule is CO[C@H]1CCN(S(=O)(=O)c2oc3ccc(F)cc3c2C)C1. The Labute approximate surface area is 122 Å². The van der Waals surface area contributed by atoms with Crippen molar-refractivity contribution in [1.29, 1.82) is 0 Å². The van der Waals surface area contributed by atoms with Crippen molar-refractivity contribution in [2.45, 2.75) is 24.5 Å². The summed E-state index contributed by atoms with van der Waals surface area (Å²) in [6.07, 6.45) is 0.561. The molecule has 0 amide bonds. The van der Waals surface area contributed by atoms with Gasteiger partial charge in [-0.05, 0) is 31.5 Å². The van der Waals surface area contributed by atoms with Crippen LogP contribution >= 0.6 is 0 Å². The van der Waals surface area contributed by atoms with E-state index in [-0.39, 0.29) is 11.2 Å². The molecule has 0 saturated carbocycles. The second-order valence-electron chi connectivity index (χ2n) is 5.16. The minimum absolute atomic E-state index is 0.0955. The zero-order chi connectivity index (χ0) is 15.2. The monoisotopic (exact) mass is 313 g/mol. The van der Waals surface area contributed by atoms with E-state index < -0.39 is 15.8 Å². The average molecular weight is 313 g/mol. The molecule has 0 spiro atoms. The maximum atomic E-state index is 13.3. The van der Waals surface area contributed by atoms with Crippen LogP contribution in [0.15, 0.2) is 27.7 Å². The standard InChI is InChI=1S/C14H16FNO4S/c1-9-12-7-10(15)3-4-13(12)20-14(9)21(17,18)16-6-5-11(8-16)19-2/h3-4,7,11H,5-6,8H2,1-2H3/t11-/m0/s1. The van der Waals surface area contributed by atoms with Gasteiger partial charge in [-0.2, -0.15) is 4.31 Å². The Bertz CT molecular complexity index is 784. The molecule has 0 unspecified atom stereocenters. The fraction of sp³-hybridized carbons (Fsp3) is 0.429. The Balaban J connectivity index is 2.05. The first-order valence-corrected chi connectivity index (χ1v) is 8.09. The van der Waals surface area contributed by atoms with Gasteiger partial charge in [0.05, 0.1) is 6.10 Å². The third-order valence-corrected chi connectivity index (χ3v) is 5.74. The number of fused-ring (bicyclic) bond motifs is 1. The van der Waals surface area contributed by atoms with Crippen molar-refractivity contribution >= 4 is 21.0 Å². The Morgan fingerprint density at radius 1 is 1.43 bits per heavy atom. The van der Waals surface area contributed by atoms with Gasteiger partial charge in [-0.1, -0.05) is 0 Å². The number of hydrogen-bond acceptors (Lipinski definition) is 4. The van der Waals surface area contributed by atoms with Crippen molar-refractivity contribution in [3.05, 3.63) is 29.6 Å². The van der Waals surface area contributed by atoms with Crippen LogP contribution in [0.3, 0.4) is 0 Å². The summed E-state index contributed by atoms with van der Waals surface area (Å²) in [5.74, 6) is -0.420. The van der Waals surface area contributed by atoms with E-state index in [1.165, 1.54) is 22.5 Å². The van der Waals surface area contributed by atoms with Gasteiger partial charge < -0.3 is 9.15 Å². The first kappa shape index (κ1) is 14.5. The lowest BCUT2D eigenvalue weighted by Crippen LogP contribution is -2.30. The predicted molar refractivity (Wildman–Crippen MR) is 75.1 cm³/mol. The van der Waals surface area contributed by atoms with Crippen molar-refractivity contribution in [3.8, 4) is 0 Å². The van der Waals surface area contributed by atoms with E-state index in [1.807, 2.05) is 0 Å². The van der Waals surface area contributed by atoms with E-state index in [4.69, 9.17) is 9.15 Å². The molecule has 1 aromatic heterocycles. The fourth-order valence-electron chi connectivity index (χ4n) is 2.64. The Morgan fingerprint density at radius 2 is 2.19 bits per heavy atom. The first-order valence-electron chi connectivity index (χ1n) is 6.65. The number of nitrogens with zero attached hydrogens (tertiary/aromatic N) is 1. The molecule has 1 fully saturated rings. The number of hydrogen-bond donors (Lipinski definition) is 0. The molecular formula is C14H16FNO4S. The molecule has 0 radical (unpaired) electrons. The zero-order valence-electron chi connectivity index (χ0n) is 11.8. The molecule has 2 heterocycles. The molecule has 1 saturated heterocycles. The molecule has 1 aromatic carbocycles. The molecule has 114 valence electrons. The zero-order valence-corrected chi connectivity index (χ0v) is 12.6. The summed E-state index contributed by atoms with van der Waals surface area (Å²) in [5.41, 5.74) is 0.806. The number of halogens is 1. The smallest absolute Gasteiger partial charge is 0.276 e. The number of sulfonamides is 1. The third kappa shape index (κ3) is 2.35. The van der Waals surface area contributed by atoms with Gasteiger partial charge in [0, 0.05) is 31.1 Å². The number of rotatable bonds is 3. The van der Waals surface area contributed by atoms with E-state index in [0.29, 0.717) is 36.0 Å². The molecule has 5 nitrogen and oxygen atoms in total. The molecule has 1 aliphatic rings. The Kier molecular flexibility index (Phi) is 3.51. The van der Waals surface area contributed by atoms with Gasteiger partial charge in [-0.3, -0.25) is 0 Å². The summed E-state index contributed by atoms with van der Waals surface area (Å²) in [7, 11) is -2.16. The summed E-state index contributed by atoms with van der Waals surface area (Å²) in [6.45, 7) is 2.33. The van der Waals surface area contributed by atoms with Gasteiger partial charge >= 0.3 is 0 Å². The molecular weight excluding hydrogens is 297 g/mol. The molecule has 0 aliphatic carbocycles. The average Bonchev–Trinajstić information content (AvgIpc) is 3.05. The van der Waals surface area contributed by atoms with E-state index in [0.717, 1.165) is 0 Å². The van der Waals surface area contributed by atoms with Crippen LogP contribution in [0.2, 0.25) is 0 Å².